The summed E-state index contributed by atoms with van der Waals surface area (Å²) >= 11 is 0. The molecule has 1 fully saturated rings. The lowest BCUT2D eigenvalue weighted by Gasteiger charge is -2.36. The molecule has 7 heteroatoms. The third-order valence-electron chi connectivity index (χ3n) is 5.57. The van der Waals surface area contributed by atoms with E-state index in [-0.39, 0.29) is 23.4 Å². The Bertz CT molecular complexity index is 923. The maximum Gasteiger partial charge on any atom is 0.253 e. The molecule has 0 bridgehead atoms. The Balaban J connectivity index is 1.68. The van der Waals surface area contributed by atoms with Crippen molar-refractivity contribution in [1.82, 2.24) is 14.5 Å². The van der Waals surface area contributed by atoms with E-state index in [1.807, 2.05) is 37.4 Å². The third-order valence-corrected chi connectivity index (χ3v) is 6.97. The number of benzene rings is 2. The Morgan fingerprint density at radius 1 is 1.10 bits per heavy atom. The molecular weight excluding hydrogens is 386 g/mol. The van der Waals surface area contributed by atoms with Crippen molar-refractivity contribution in [3.05, 3.63) is 65.7 Å². The SMILES string of the molecule is CCN1CCC(N(C)C(=O)c2cccc(S(=O)(=O)NCc3ccccc3)c2)CC1. The van der Waals surface area contributed by atoms with E-state index in [0.717, 1.165) is 38.0 Å². The van der Waals surface area contributed by atoms with Gasteiger partial charge in [-0.15, -0.1) is 0 Å². The van der Waals surface area contributed by atoms with Crippen molar-refractivity contribution in [2.45, 2.75) is 37.2 Å². The summed E-state index contributed by atoms with van der Waals surface area (Å²) in [6.45, 7) is 5.34. The van der Waals surface area contributed by atoms with Crippen LogP contribution < -0.4 is 4.72 Å². The van der Waals surface area contributed by atoms with Crippen molar-refractivity contribution in [2.75, 3.05) is 26.7 Å². The fourth-order valence-electron chi connectivity index (χ4n) is 3.65. The van der Waals surface area contributed by atoms with Gasteiger partial charge in [0.15, 0.2) is 0 Å². The molecular formula is C22H29N3O3S. The van der Waals surface area contributed by atoms with Crippen molar-refractivity contribution < 1.29 is 13.2 Å². The predicted molar refractivity (Wildman–Crippen MR) is 114 cm³/mol. The van der Waals surface area contributed by atoms with Crippen molar-refractivity contribution in [3.63, 3.8) is 0 Å². The van der Waals surface area contributed by atoms with Crippen LogP contribution in [0.1, 0.15) is 35.7 Å². The Morgan fingerprint density at radius 2 is 1.79 bits per heavy atom. The Morgan fingerprint density at radius 3 is 2.45 bits per heavy atom. The van der Waals surface area contributed by atoms with Gasteiger partial charge >= 0.3 is 0 Å². The molecule has 1 aliphatic heterocycles. The fraction of sp³-hybridized carbons (Fsp3) is 0.409. The molecule has 1 amide bonds. The van der Waals surface area contributed by atoms with Gasteiger partial charge in [0.05, 0.1) is 4.90 Å². The van der Waals surface area contributed by atoms with Crippen LogP contribution in [-0.2, 0) is 16.6 Å². The smallest absolute Gasteiger partial charge is 0.253 e. The average Bonchev–Trinajstić information content (AvgIpc) is 2.77. The van der Waals surface area contributed by atoms with Crippen LogP contribution in [0.25, 0.3) is 0 Å². The highest BCUT2D eigenvalue weighted by molar-refractivity contribution is 7.89. The lowest BCUT2D eigenvalue weighted by Crippen LogP contribution is -2.45. The zero-order valence-corrected chi connectivity index (χ0v) is 17.9. The standard InChI is InChI=1S/C22H29N3O3S/c1-3-25-14-12-20(13-15-25)24(2)22(26)19-10-7-11-21(16-19)29(27,28)23-17-18-8-5-4-6-9-18/h4-11,16,20,23H,3,12-15,17H2,1-2H3. The van der Waals surface area contributed by atoms with Crippen LogP contribution in [0.15, 0.2) is 59.5 Å². The van der Waals surface area contributed by atoms with Gasteiger partial charge in [-0.25, -0.2) is 13.1 Å². The second-order valence-electron chi connectivity index (χ2n) is 7.42. The number of hydrogen-bond acceptors (Lipinski definition) is 4. The average molecular weight is 416 g/mol. The van der Waals surface area contributed by atoms with Gasteiger partial charge in [0.2, 0.25) is 10.0 Å². The van der Waals surface area contributed by atoms with E-state index in [2.05, 4.69) is 16.5 Å². The van der Waals surface area contributed by atoms with Gasteiger partial charge in [0, 0.05) is 38.3 Å². The summed E-state index contributed by atoms with van der Waals surface area (Å²) in [6.07, 6.45) is 1.87. The fourth-order valence-corrected chi connectivity index (χ4v) is 4.71. The normalized spacial score (nSPS) is 15.9. The molecule has 0 aromatic heterocycles. The van der Waals surface area contributed by atoms with Gasteiger partial charge < -0.3 is 9.80 Å². The zero-order valence-electron chi connectivity index (χ0n) is 17.0. The monoisotopic (exact) mass is 415 g/mol. The summed E-state index contributed by atoms with van der Waals surface area (Å²) in [4.78, 5) is 17.2. The number of nitrogens with one attached hydrogen (secondary N) is 1. The first-order valence-corrected chi connectivity index (χ1v) is 11.5. The maximum atomic E-state index is 13.0. The molecule has 0 atom stereocenters. The molecule has 1 aliphatic rings. The number of sulfonamides is 1. The number of nitrogens with zero attached hydrogens (tertiary/aromatic N) is 2. The molecule has 1 N–H and O–H groups in total. The van der Waals surface area contributed by atoms with Crippen LogP contribution in [0.2, 0.25) is 0 Å². The van der Waals surface area contributed by atoms with Crippen LogP contribution in [-0.4, -0.2) is 56.8 Å². The maximum absolute atomic E-state index is 13.0. The van der Waals surface area contributed by atoms with Gasteiger partial charge in [-0.05, 0) is 43.1 Å². The van der Waals surface area contributed by atoms with E-state index in [4.69, 9.17) is 0 Å². The number of carbonyl (C=O) groups excluding carboxylic acids is 1. The molecule has 29 heavy (non-hydrogen) atoms. The molecule has 0 spiro atoms. The largest absolute Gasteiger partial charge is 0.339 e. The van der Waals surface area contributed by atoms with Crippen LogP contribution in [0.4, 0.5) is 0 Å². The van der Waals surface area contributed by atoms with Crippen molar-refractivity contribution in [2.24, 2.45) is 0 Å². The summed E-state index contributed by atoms with van der Waals surface area (Å²) < 4.78 is 28.0. The first-order valence-electron chi connectivity index (χ1n) is 10.0. The van der Waals surface area contributed by atoms with Gasteiger partial charge in [-0.2, -0.15) is 0 Å². The van der Waals surface area contributed by atoms with Crippen LogP contribution in [0.5, 0.6) is 0 Å². The van der Waals surface area contributed by atoms with Crippen molar-refractivity contribution in [1.29, 1.82) is 0 Å². The molecule has 1 saturated heterocycles. The molecule has 0 unspecified atom stereocenters. The van der Waals surface area contributed by atoms with E-state index in [9.17, 15) is 13.2 Å². The summed E-state index contributed by atoms with van der Waals surface area (Å²) in [6, 6.07) is 15.8. The summed E-state index contributed by atoms with van der Waals surface area (Å²) in [7, 11) is -1.89. The molecule has 2 aromatic carbocycles. The van der Waals surface area contributed by atoms with Crippen LogP contribution >= 0.6 is 0 Å². The molecule has 0 saturated carbocycles. The minimum absolute atomic E-state index is 0.105. The first kappa shape index (κ1) is 21.5. The molecule has 6 nitrogen and oxygen atoms in total. The lowest BCUT2D eigenvalue weighted by molar-refractivity contribution is 0.0646. The summed E-state index contributed by atoms with van der Waals surface area (Å²) in [5, 5.41) is 0. The number of piperidine rings is 1. The molecule has 0 aliphatic carbocycles. The zero-order chi connectivity index (χ0) is 20.9. The highest BCUT2D eigenvalue weighted by Crippen LogP contribution is 2.19. The highest BCUT2D eigenvalue weighted by Gasteiger charge is 2.26. The number of hydrogen-bond donors (Lipinski definition) is 1. The van der Waals surface area contributed by atoms with Crippen LogP contribution in [0.3, 0.4) is 0 Å². The van der Waals surface area contributed by atoms with E-state index < -0.39 is 10.0 Å². The highest BCUT2D eigenvalue weighted by atomic mass is 32.2. The van der Waals surface area contributed by atoms with Crippen molar-refractivity contribution >= 4 is 15.9 Å². The molecule has 2 aromatic rings. The minimum atomic E-state index is -3.70. The molecule has 1 heterocycles. The number of amides is 1. The third kappa shape index (κ3) is 5.44. The predicted octanol–water partition coefficient (Wildman–Crippen LogP) is 2.72. The second-order valence-corrected chi connectivity index (χ2v) is 9.19. The van der Waals surface area contributed by atoms with Gasteiger partial charge in [-0.3, -0.25) is 4.79 Å². The van der Waals surface area contributed by atoms with Crippen LogP contribution in [0, 0.1) is 0 Å². The van der Waals surface area contributed by atoms with E-state index in [1.54, 1.807) is 17.0 Å². The van der Waals surface area contributed by atoms with E-state index >= 15 is 0 Å². The van der Waals surface area contributed by atoms with E-state index in [1.165, 1.54) is 12.1 Å². The Kier molecular flexibility index (Phi) is 7.05. The minimum Gasteiger partial charge on any atom is -0.339 e. The Labute approximate surface area is 173 Å². The molecule has 3 rings (SSSR count). The summed E-state index contributed by atoms with van der Waals surface area (Å²) in [5.74, 6) is -0.139. The topological polar surface area (TPSA) is 69.7 Å². The van der Waals surface area contributed by atoms with Crippen molar-refractivity contribution in [3.8, 4) is 0 Å². The van der Waals surface area contributed by atoms with Gasteiger partial charge in [0.25, 0.3) is 5.91 Å². The first-order chi connectivity index (χ1) is 13.9. The Hall–Kier alpha value is -2.22. The quantitative estimate of drug-likeness (QED) is 0.755. The van der Waals surface area contributed by atoms with Gasteiger partial charge in [0.1, 0.15) is 0 Å². The molecule has 0 radical (unpaired) electrons. The van der Waals surface area contributed by atoms with Gasteiger partial charge in [-0.1, -0.05) is 43.3 Å². The second kappa shape index (κ2) is 9.52. The summed E-state index contributed by atoms with van der Waals surface area (Å²) in [5.41, 5.74) is 1.27. The lowest BCUT2D eigenvalue weighted by atomic mass is 10.0. The number of rotatable bonds is 7. The number of likely N-dealkylation sites (tertiary alicyclic amines) is 1. The number of carbonyl (C=O) groups is 1. The van der Waals surface area contributed by atoms with E-state index in [0.29, 0.717) is 5.56 Å². The molecule has 156 valence electrons.